The fourth-order valence-electron chi connectivity index (χ4n) is 2.34. The third-order valence-corrected chi connectivity index (χ3v) is 3.42. The minimum absolute atomic E-state index is 0.238. The Hall–Kier alpha value is -1.31. The smallest absolute Gasteiger partial charge is 0.306 e. The summed E-state index contributed by atoms with van der Waals surface area (Å²) in [6.45, 7) is 3.89. The van der Waals surface area contributed by atoms with E-state index in [1.54, 1.807) is 0 Å². The second-order valence-corrected chi connectivity index (χ2v) is 4.57. The average Bonchev–Trinajstić information content (AvgIpc) is 2.58. The number of hydrogen-bond acceptors (Lipinski definition) is 1. The van der Waals surface area contributed by atoms with E-state index in [-0.39, 0.29) is 11.8 Å². The van der Waals surface area contributed by atoms with Crippen LogP contribution < -0.4 is 0 Å². The maximum Gasteiger partial charge on any atom is 0.306 e. The molecule has 0 radical (unpaired) electrons. The highest BCUT2D eigenvalue weighted by Crippen LogP contribution is 2.32. The van der Waals surface area contributed by atoms with E-state index in [0.717, 1.165) is 12.8 Å². The lowest BCUT2D eigenvalue weighted by Crippen LogP contribution is -2.20. The molecule has 2 nitrogen and oxygen atoms in total. The Kier molecular flexibility index (Phi) is 2.51. The van der Waals surface area contributed by atoms with Crippen LogP contribution in [0.5, 0.6) is 0 Å². The Morgan fingerprint density at radius 1 is 1.40 bits per heavy atom. The summed E-state index contributed by atoms with van der Waals surface area (Å²) in [6, 6.07) is 6.43. The molecular formula is C13H16O2. The third-order valence-electron chi connectivity index (χ3n) is 3.42. The fraction of sp³-hybridized carbons (Fsp3) is 0.462. The largest absolute Gasteiger partial charge is 0.481 e. The van der Waals surface area contributed by atoms with Crippen molar-refractivity contribution in [2.45, 2.75) is 26.7 Å². The third kappa shape index (κ3) is 1.89. The van der Waals surface area contributed by atoms with Crippen LogP contribution in [0.25, 0.3) is 0 Å². The lowest BCUT2D eigenvalue weighted by Gasteiger charge is -2.13. The first kappa shape index (κ1) is 10.2. The van der Waals surface area contributed by atoms with Gasteiger partial charge in [-0.3, -0.25) is 4.79 Å². The summed E-state index contributed by atoms with van der Waals surface area (Å²) in [7, 11) is 0. The molecule has 0 bridgehead atoms. The van der Waals surface area contributed by atoms with Crippen molar-refractivity contribution in [2.75, 3.05) is 0 Å². The van der Waals surface area contributed by atoms with Crippen molar-refractivity contribution in [3.8, 4) is 0 Å². The van der Waals surface area contributed by atoms with Gasteiger partial charge in [-0.05, 0) is 36.8 Å². The van der Waals surface area contributed by atoms with Crippen LogP contribution in [0.3, 0.4) is 0 Å². The molecule has 2 rings (SSSR count). The zero-order valence-corrected chi connectivity index (χ0v) is 9.16. The van der Waals surface area contributed by atoms with Crippen molar-refractivity contribution in [1.82, 2.24) is 0 Å². The summed E-state index contributed by atoms with van der Waals surface area (Å²) < 4.78 is 0. The number of aliphatic carboxylic acids is 1. The first-order chi connectivity index (χ1) is 7.08. The van der Waals surface area contributed by atoms with Crippen LogP contribution in [-0.4, -0.2) is 11.1 Å². The SMILES string of the molecule is Cc1ccc2c(c1)CC(C(C)C(=O)O)C2. The molecule has 1 N–H and O–H groups in total. The van der Waals surface area contributed by atoms with Crippen LogP contribution in [-0.2, 0) is 17.6 Å². The molecule has 0 heterocycles. The normalized spacial score (nSPS) is 21.1. The summed E-state index contributed by atoms with van der Waals surface area (Å²) in [5.41, 5.74) is 3.93. The van der Waals surface area contributed by atoms with Gasteiger partial charge < -0.3 is 5.11 Å². The van der Waals surface area contributed by atoms with E-state index in [0.29, 0.717) is 0 Å². The molecule has 2 atom stereocenters. The molecule has 1 aromatic rings. The van der Waals surface area contributed by atoms with Gasteiger partial charge in [0.05, 0.1) is 5.92 Å². The van der Waals surface area contributed by atoms with Gasteiger partial charge in [0, 0.05) is 0 Å². The second kappa shape index (κ2) is 3.69. The summed E-state index contributed by atoms with van der Waals surface area (Å²) in [6.07, 6.45) is 1.84. The van der Waals surface area contributed by atoms with Gasteiger partial charge in [-0.15, -0.1) is 0 Å². The van der Waals surface area contributed by atoms with Gasteiger partial charge in [0.25, 0.3) is 0 Å². The molecule has 15 heavy (non-hydrogen) atoms. The van der Waals surface area contributed by atoms with Crippen LogP contribution in [0.4, 0.5) is 0 Å². The van der Waals surface area contributed by atoms with Crippen molar-refractivity contribution in [3.05, 3.63) is 34.9 Å². The van der Waals surface area contributed by atoms with Crippen molar-refractivity contribution < 1.29 is 9.90 Å². The number of carbonyl (C=O) groups is 1. The number of carboxylic acid groups (broad SMARTS) is 1. The molecule has 0 aliphatic heterocycles. The number of fused-ring (bicyclic) bond motifs is 1. The molecule has 0 fully saturated rings. The molecule has 0 saturated heterocycles. The first-order valence-corrected chi connectivity index (χ1v) is 5.39. The molecule has 1 aliphatic carbocycles. The fourth-order valence-corrected chi connectivity index (χ4v) is 2.34. The molecule has 0 spiro atoms. The lowest BCUT2D eigenvalue weighted by molar-refractivity contribution is -0.142. The van der Waals surface area contributed by atoms with Crippen LogP contribution in [0, 0.1) is 18.8 Å². The van der Waals surface area contributed by atoms with E-state index in [9.17, 15) is 4.79 Å². The van der Waals surface area contributed by atoms with Crippen molar-refractivity contribution in [3.63, 3.8) is 0 Å². The predicted octanol–water partition coefficient (Wildman–Crippen LogP) is 2.43. The summed E-state index contributed by atoms with van der Waals surface area (Å²) in [5, 5.41) is 8.98. The topological polar surface area (TPSA) is 37.3 Å². The van der Waals surface area contributed by atoms with E-state index in [1.807, 2.05) is 6.92 Å². The first-order valence-electron chi connectivity index (χ1n) is 5.39. The van der Waals surface area contributed by atoms with Gasteiger partial charge in [-0.1, -0.05) is 30.7 Å². The molecule has 2 heteroatoms. The standard InChI is InChI=1S/C13H16O2/c1-8-3-4-10-6-11(7-12(10)5-8)9(2)13(14)15/h3-5,9,11H,6-7H2,1-2H3,(H,14,15). The van der Waals surface area contributed by atoms with E-state index in [1.165, 1.54) is 16.7 Å². The van der Waals surface area contributed by atoms with Crippen LogP contribution in [0.15, 0.2) is 18.2 Å². The zero-order chi connectivity index (χ0) is 11.0. The Labute approximate surface area is 89.9 Å². The van der Waals surface area contributed by atoms with Crippen LogP contribution >= 0.6 is 0 Å². The number of benzene rings is 1. The highest BCUT2D eigenvalue weighted by molar-refractivity contribution is 5.70. The highest BCUT2D eigenvalue weighted by atomic mass is 16.4. The predicted molar refractivity (Wildman–Crippen MR) is 58.9 cm³/mol. The zero-order valence-electron chi connectivity index (χ0n) is 9.16. The molecule has 1 aromatic carbocycles. The van der Waals surface area contributed by atoms with E-state index in [4.69, 9.17) is 5.11 Å². The van der Waals surface area contributed by atoms with Gasteiger partial charge in [-0.2, -0.15) is 0 Å². The van der Waals surface area contributed by atoms with Crippen LogP contribution in [0.1, 0.15) is 23.6 Å². The monoisotopic (exact) mass is 204 g/mol. The minimum Gasteiger partial charge on any atom is -0.481 e. The maximum atomic E-state index is 10.9. The molecule has 80 valence electrons. The summed E-state index contributed by atoms with van der Waals surface area (Å²) in [4.78, 5) is 10.9. The Morgan fingerprint density at radius 2 is 2.07 bits per heavy atom. The highest BCUT2D eigenvalue weighted by Gasteiger charge is 2.29. The van der Waals surface area contributed by atoms with E-state index in [2.05, 4.69) is 25.1 Å². The van der Waals surface area contributed by atoms with Gasteiger partial charge in [-0.25, -0.2) is 0 Å². The Morgan fingerprint density at radius 3 is 2.73 bits per heavy atom. The van der Waals surface area contributed by atoms with Gasteiger partial charge in [0.2, 0.25) is 0 Å². The quantitative estimate of drug-likeness (QED) is 0.803. The number of aryl methyl sites for hydroxylation is 1. The van der Waals surface area contributed by atoms with Gasteiger partial charge in [0.15, 0.2) is 0 Å². The van der Waals surface area contributed by atoms with Gasteiger partial charge in [0.1, 0.15) is 0 Å². The Bertz CT molecular complexity index is 396. The number of carboxylic acids is 1. The number of hydrogen-bond donors (Lipinski definition) is 1. The number of rotatable bonds is 2. The molecule has 1 aliphatic rings. The molecular weight excluding hydrogens is 188 g/mol. The summed E-state index contributed by atoms with van der Waals surface area (Å²) in [5.74, 6) is -0.637. The van der Waals surface area contributed by atoms with Crippen molar-refractivity contribution >= 4 is 5.97 Å². The van der Waals surface area contributed by atoms with E-state index >= 15 is 0 Å². The van der Waals surface area contributed by atoms with Crippen LogP contribution in [0.2, 0.25) is 0 Å². The summed E-state index contributed by atoms with van der Waals surface area (Å²) >= 11 is 0. The van der Waals surface area contributed by atoms with Gasteiger partial charge >= 0.3 is 5.97 Å². The maximum absolute atomic E-state index is 10.9. The average molecular weight is 204 g/mol. The molecule has 0 aromatic heterocycles. The second-order valence-electron chi connectivity index (χ2n) is 4.57. The van der Waals surface area contributed by atoms with Crippen molar-refractivity contribution in [2.24, 2.45) is 11.8 Å². The van der Waals surface area contributed by atoms with E-state index < -0.39 is 5.97 Å². The molecule has 0 amide bonds. The Balaban J connectivity index is 2.19. The minimum atomic E-state index is -0.676. The molecule has 2 unspecified atom stereocenters. The molecule has 0 saturated carbocycles. The lowest BCUT2D eigenvalue weighted by atomic mass is 9.91. The van der Waals surface area contributed by atoms with Crippen molar-refractivity contribution in [1.29, 1.82) is 0 Å².